The molecule has 1 heterocycles. The molecule has 106 valence electrons. The second-order valence-corrected chi connectivity index (χ2v) is 5.58. The maximum Gasteiger partial charge on any atom is 0.248 e. The van der Waals surface area contributed by atoms with E-state index in [1.807, 2.05) is 43.3 Å². The van der Waals surface area contributed by atoms with Crippen LogP contribution in [0.15, 0.2) is 47.5 Å². The number of amides is 1. The molecule has 0 fully saturated rings. The zero-order valence-corrected chi connectivity index (χ0v) is 12.7. The first-order valence-corrected chi connectivity index (χ1v) is 7.12. The molecule has 0 bridgehead atoms. The highest BCUT2D eigenvalue weighted by Crippen LogP contribution is 2.28. The van der Waals surface area contributed by atoms with E-state index in [4.69, 9.17) is 11.6 Å². The van der Waals surface area contributed by atoms with Crippen LogP contribution in [0.3, 0.4) is 0 Å². The standard InChI is InChI=1S/C17H15ClN2O/c1-11-3-5-12(6-4-11)17-14-9-13(18)7-8-15(14)20(2)16(21)10-19-17/h3-9H,10H2,1-2H3. The molecular weight excluding hydrogens is 284 g/mol. The summed E-state index contributed by atoms with van der Waals surface area (Å²) in [7, 11) is 1.77. The van der Waals surface area contributed by atoms with E-state index in [1.165, 1.54) is 5.56 Å². The highest BCUT2D eigenvalue weighted by Gasteiger charge is 2.22. The van der Waals surface area contributed by atoms with E-state index in [2.05, 4.69) is 4.99 Å². The number of carbonyl (C=O) groups excluding carboxylic acids is 1. The fourth-order valence-electron chi connectivity index (χ4n) is 2.42. The van der Waals surface area contributed by atoms with Crippen molar-refractivity contribution < 1.29 is 4.79 Å². The van der Waals surface area contributed by atoms with Gasteiger partial charge in [0.2, 0.25) is 5.91 Å². The SMILES string of the molecule is Cc1ccc(C2=NCC(=O)N(C)c3ccc(Cl)cc32)cc1. The molecule has 1 aliphatic heterocycles. The molecule has 2 aromatic rings. The third-order valence-corrected chi connectivity index (χ3v) is 3.88. The average molecular weight is 299 g/mol. The van der Waals surface area contributed by atoms with Crippen LogP contribution in [0.2, 0.25) is 5.02 Å². The van der Waals surface area contributed by atoms with Gasteiger partial charge in [-0.1, -0.05) is 41.4 Å². The van der Waals surface area contributed by atoms with Crippen LogP contribution in [0.4, 0.5) is 5.69 Å². The van der Waals surface area contributed by atoms with Gasteiger partial charge in [0.25, 0.3) is 0 Å². The molecule has 0 aromatic heterocycles. The summed E-state index contributed by atoms with van der Waals surface area (Å²) in [5.74, 6) is -0.0271. The molecule has 3 rings (SSSR count). The molecule has 0 N–H and O–H groups in total. The fourth-order valence-corrected chi connectivity index (χ4v) is 2.59. The summed E-state index contributed by atoms with van der Waals surface area (Å²) in [5.41, 5.74) is 4.71. The van der Waals surface area contributed by atoms with Crippen molar-refractivity contribution in [2.45, 2.75) is 6.92 Å². The predicted octanol–water partition coefficient (Wildman–Crippen LogP) is 3.46. The summed E-state index contributed by atoms with van der Waals surface area (Å²) in [6, 6.07) is 13.7. The van der Waals surface area contributed by atoms with Gasteiger partial charge in [0.15, 0.2) is 0 Å². The van der Waals surface area contributed by atoms with Crippen LogP contribution in [0.25, 0.3) is 0 Å². The lowest BCUT2D eigenvalue weighted by molar-refractivity contribution is -0.116. The van der Waals surface area contributed by atoms with Crippen LogP contribution >= 0.6 is 11.6 Å². The lowest BCUT2D eigenvalue weighted by Gasteiger charge is -2.18. The first kappa shape index (κ1) is 13.8. The molecule has 0 atom stereocenters. The Morgan fingerprint density at radius 3 is 2.57 bits per heavy atom. The zero-order valence-electron chi connectivity index (χ0n) is 11.9. The average Bonchev–Trinajstić information content (AvgIpc) is 2.59. The molecule has 0 saturated heterocycles. The summed E-state index contributed by atoms with van der Waals surface area (Å²) in [4.78, 5) is 18.2. The second kappa shape index (κ2) is 5.34. The topological polar surface area (TPSA) is 32.7 Å². The Bertz CT molecular complexity index is 735. The zero-order chi connectivity index (χ0) is 15.0. The Labute approximate surface area is 128 Å². The van der Waals surface area contributed by atoms with Crippen molar-refractivity contribution in [3.05, 3.63) is 64.2 Å². The van der Waals surface area contributed by atoms with E-state index in [0.29, 0.717) is 5.02 Å². The van der Waals surface area contributed by atoms with Crippen LogP contribution in [-0.2, 0) is 4.79 Å². The van der Waals surface area contributed by atoms with Crippen molar-refractivity contribution in [2.24, 2.45) is 4.99 Å². The molecule has 4 heteroatoms. The maximum absolute atomic E-state index is 12.1. The third kappa shape index (κ3) is 2.57. The van der Waals surface area contributed by atoms with Crippen molar-refractivity contribution in [3.63, 3.8) is 0 Å². The van der Waals surface area contributed by atoms with E-state index in [1.54, 1.807) is 18.0 Å². The summed E-state index contributed by atoms with van der Waals surface area (Å²) in [5, 5.41) is 0.635. The molecule has 0 radical (unpaired) electrons. The molecule has 2 aromatic carbocycles. The van der Waals surface area contributed by atoms with Crippen LogP contribution in [0.5, 0.6) is 0 Å². The summed E-state index contributed by atoms with van der Waals surface area (Å²) >= 11 is 6.13. The van der Waals surface area contributed by atoms with Crippen LogP contribution in [0, 0.1) is 6.92 Å². The minimum atomic E-state index is -0.0271. The first-order valence-electron chi connectivity index (χ1n) is 6.74. The molecule has 1 amide bonds. The number of fused-ring (bicyclic) bond motifs is 1. The van der Waals surface area contributed by atoms with Crippen molar-refractivity contribution in [3.8, 4) is 0 Å². The molecule has 0 unspecified atom stereocenters. The van der Waals surface area contributed by atoms with Gasteiger partial charge >= 0.3 is 0 Å². The van der Waals surface area contributed by atoms with Crippen LogP contribution in [0.1, 0.15) is 16.7 Å². The van der Waals surface area contributed by atoms with Gasteiger partial charge in [-0.05, 0) is 25.1 Å². The number of hydrogen-bond donors (Lipinski definition) is 0. The normalized spacial score (nSPS) is 14.5. The Hall–Kier alpha value is -2.13. The Kier molecular flexibility index (Phi) is 3.52. The molecule has 0 spiro atoms. The molecular formula is C17H15ClN2O. The van der Waals surface area contributed by atoms with Crippen molar-refractivity contribution in [1.82, 2.24) is 0 Å². The number of hydrogen-bond acceptors (Lipinski definition) is 2. The Morgan fingerprint density at radius 1 is 1.14 bits per heavy atom. The number of likely N-dealkylation sites (N-methyl/N-ethyl adjacent to an activating group) is 1. The minimum absolute atomic E-state index is 0.0271. The summed E-state index contributed by atoms with van der Waals surface area (Å²) in [6.45, 7) is 2.19. The highest BCUT2D eigenvalue weighted by atomic mass is 35.5. The summed E-state index contributed by atoms with van der Waals surface area (Å²) < 4.78 is 0. The largest absolute Gasteiger partial charge is 0.313 e. The van der Waals surface area contributed by atoms with Crippen LogP contribution < -0.4 is 4.90 Å². The quantitative estimate of drug-likeness (QED) is 0.793. The Balaban J connectivity index is 2.20. The maximum atomic E-state index is 12.1. The van der Waals surface area contributed by atoms with E-state index < -0.39 is 0 Å². The van der Waals surface area contributed by atoms with Gasteiger partial charge in [0.05, 0.1) is 11.4 Å². The molecule has 0 saturated carbocycles. The Morgan fingerprint density at radius 2 is 1.86 bits per heavy atom. The van der Waals surface area contributed by atoms with Gasteiger partial charge in [-0.2, -0.15) is 0 Å². The van der Waals surface area contributed by atoms with Gasteiger partial charge in [0, 0.05) is 23.2 Å². The van der Waals surface area contributed by atoms with Crippen molar-refractivity contribution >= 4 is 28.9 Å². The number of aliphatic imine (C=N–C) groups is 1. The number of rotatable bonds is 1. The lowest BCUT2D eigenvalue weighted by atomic mass is 9.99. The van der Waals surface area contributed by atoms with Gasteiger partial charge in [-0.15, -0.1) is 0 Å². The number of nitrogens with zero attached hydrogens (tertiary/aromatic N) is 2. The number of benzodiazepines with no additional fused rings is 1. The molecule has 0 aliphatic carbocycles. The van der Waals surface area contributed by atoms with Crippen molar-refractivity contribution in [2.75, 3.05) is 18.5 Å². The van der Waals surface area contributed by atoms with Crippen LogP contribution in [-0.4, -0.2) is 25.2 Å². The number of anilines is 1. The van der Waals surface area contributed by atoms with Gasteiger partial charge < -0.3 is 4.90 Å². The summed E-state index contributed by atoms with van der Waals surface area (Å²) in [6.07, 6.45) is 0. The predicted molar refractivity (Wildman–Crippen MR) is 86.5 cm³/mol. The first-order chi connectivity index (χ1) is 10.1. The third-order valence-electron chi connectivity index (χ3n) is 3.65. The van der Waals surface area contributed by atoms with Gasteiger partial charge in [0.1, 0.15) is 6.54 Å². The lowest BCUT2D eigenvalue weighted by Crippen LogP contribution is -2.27. The highest BCUT2D eigenvalue weighted by molar-refractivity contribution is 6.32. The number of aryl methyl sites for hydroxylation is 1. The molecule has 3 nitrogen and oxygen atoms in total. The molecule has 21 heavy (non-hydrogen) atoms. The molecule has 1 aliphatic rings. The van der Waals surface area contributed by atoms with E-state index >= 15 is 0 Å². The minimum Gasteiger partial charge on any atom is -0.313 e. The number of halogens is 1. The second-order valence-electron chi connectivity index (χ2n) is 5.15. The van der Waals surface area contributed by atoms with Gasteiger partial charge in [-0.25, -0.2) is 0 Å². The smallest absolute Gasteiger partial charge is 0.248 e. The number of benzene rings is 2. The monoisotopic (exact) mass is 298 g/mol. The number of carbonyl (C=O) groups is 1. The fraction of sp³-hybridized carbons (Fsp3) is 0.176. The van der Waals surface area contributed by atoms with Gasteiger partial charge in [-0.3, -0.25) is 9.79 Å². The van der Waals surface area contributed by atoms with E-state index in [9.17, 15) is 4.79 Å². The van der Waals surface area contributed by atoms with E-state index in [0.717, 1.165) is 22.5 Å². The van der Waals surface area contributed by atoms with Crippen molar-refractivity contribution in [1.29, 1.82) is 0 Å². The van der Waals surface area contributed by atoms with E-state index in [-0.39, 0.29) is 12.5 Å².